The van der Waals surface area contributed by atoms with Gasteiger partial charge in [0, 0.05) is 10.1 Å². The Morgan fingerprint density at radius 3 is 2.75 bits per heavy atom. The summed E-state index contributed by atoms with van der Waals surface area (Å²) in [4.78, 5) is 23.8. The second-order valence-corrected chi connectivity index (χ2v) is 5.34. The van der Waals surface area contributed by atoms with E-state index in [1.807, 2.05) is 24.3 Å². The Bertz CT molecular complexity index is 703. The number of nitrogens with one attached hydrogen (secondary N) is 2. The standard InChI is InChI=1S/C14H11ClN2O2S/c1-2-7-16-11(18)8-17-14(19)13-12(15)9-5-3-4-6-10(9)20-13/h1,3-6H,7-8H2,(H,16,18)(H,17,19). The Hall–Kier alpha value is -2.03. The molecule has 4 nitrogen and oxygen atoms in total. The molecule has 1 aromatic heterocycles. The maximum atomic E-state index is 12.0. The number of rotatable bonds is 4. The summed E-state index contributed by atoms with van der Waals surface area (Å²) in [6.07, 6.45) is 5.02. The van der Waals surface area contributed by atoms with Gasteiger partial charge in [-0.1, -0.05) is 35.7 Å². The summed E-state index contributed by atoms with van der Waals surface area (Å²) in [5.74, 6) is 1.57. The van der Waals surface area contributed by atoms with E-state index >= 15 is 0 Å². The lowest BCUT2D eigenvalue weighted by molar-refractivity contribution is -0.119. The van der Waals surface area contributed by atoms with Gasteiger partial charge in [-0.3, -0.25) is 9.59 Å². The van der Waals surface area contributed by atoms with Gasteiger partial charge < -0.3 is 10.6 Å². The monoisotopic (exact) mass is 306 g/mol. The minimum Gasteiger partial charge on any atom is -0.344 e. The Balaban J connectivity index is 2.07. The number of carbonyl (C=O) groups excluding carboxylic acids is 2. The van der Waals surface area contributed by atoms with E-state index < -0.39 is 0 Å². The van der Waals surface area contributed by atoms with Gasteiger partial charge in [-0.15, -0.1) is 17.8 Å². The number of terminal acetylenes is 1. The molecule has 0 aliphatic heterocycles. The molecule has 0 fully saturated rings. The van der Waals surface area contributed by atoms with Crippen LogP contribution < -0.4 is 10.6 Å². The molecule has 0 spiro atoms. The quantitative estimate of drug-likeness (QED) is 0.849. The van der Waals surface area contributed by atoms with E-state index in [0.29, 0.717) is 9.90 Å². The molecule has 2 rings (SSSR count). The highest BCUT2D eigenvalue weighted by atomic mass is 35.5. The van der Waals surface area contributed by atoms with Crippen LogP contribution in [0.25, 0.3) is 10.1 Å². The zero-order valence-electron chi connectivity index (χ0n) is 10.4. The van der Waals surface area contributed by atoms with E-state index in [-0.39, 0.29) is 24.9 Å². The molecule has 0 aliphatic carbocycles. The molecule has 20 heavy (non-hydrogen) atoms. The van der Waals surface area contributed by atoms with Crippen LogP contribution in [-0.2, 0) is 4.79 Å². The Morgan fingerprint density at radius 2 is 2.05 bits per heavy atom. The lowest BCUT2D eigenvalue weighted by Gasteiger charge is -2.03. The van der Waals surface area contributed by atoms with Crippen molar-refractivity contribution in [2.24, 2.45) is 0 Å². The third-order valence-electron chi connectivity index (χ3n) is 2.54. The zero-order chi connectivity index (χ0) is 14.5. The van der Waals surface area contributed by atoms with Crippen LogP contribution in [0, 0.1) is 12.3 Å². The molecule has 0 bridgehead atoms. The zero-order valence-corrected chi connectivity index (χ0v) is 12.0. The van der Waals surface area contributed by atoms with Crippen molar-refractivity contribution in [3.05, 3.63) is 34.2 Å². The van der Waals surface area contributed by atoms with Gasteiger partial charge in [0.2, 0.25) is 5.91 Å². The van der Waals surface area contributed by atoms with Gasteiger partial charge in [-0.05, 0) is 6.07 Å². The number of halogens is 1. The molecule has 2 aromatic rings. The van der Waals surface area contributed by atoms with Crippen LogP contribution in [0.4, 0.5) is 0 Å². The number of hydrogen-bond acceptors (Lipinski definition) is 3. The molecule has 102 valence electrons. The van der Waals surface area contributed by atoms with Crippen molar-refractivity contribution < 1.29 is 9.59 Å². The lowest BCUT2D eigenvalue weighted by atomic mass is 10.2. The fourth-order valence-electron chi connectivity index (χ4n) is 1.61. The fraction of sp³-hybridized carbons (Fsp3) is 0.143. The van der Waals surface area contributed by atoms with Crippen LogP contribution in [-0.4, -0.2) is 24.9 Å². The van der Waals surface area contributed by atoms with Crippen molar-refractivity contribution in [3.63, 3.8) is 0 Å². The Morgan fingerprint density at radius 1 is 1.30 bits per heavy atom. The SMILES string of the molecule is C#CCNC(=O)CNC(=O)c1sc2ccccc2c1Cl. The molecule has 0 saturated carbocycles. The molecule has 0 atom stereocenters. The van der Waals surface area contributed by atoms with Crippen molar-refractivity contribution in [3.8, 4) is 12.3 Å². The van der Waals surface area contributed by atoms with Crippen molar-refractivity contribution in [2.75, 3.05) is 13.1 Å². The first-order valence-corrected chi connectivity index (χ1v) is 6.98. The third-order valence-corrected chi connectivity index (χ3v) is 4.21. The summed E-state index contributed by atoms with van der Waals surface area (Å²) in [5.41, 5.74) is 0. The smallest absolute Gasteiger partial charge is 0.263 e. The number of hydrogen-bond donors (Lipinski definition) is 2. The molecule has 0 aliphatic rings. The van der Waals surface area contributed by atoms with Gasteiger partial charge in [0.1, 0.15) is 4.88 Å². The summed E-state index contributed by atoms with van der Waals surface area (Å²) >= 11 is 7.47. The van der Waals surface area contributed by atoms with Crippen LogP contribution in [0.2, 0.25) is 5.02 Å². The molecule has 2 N–H and O–H groups in total. The minimum absolute atomic E-state index is 0.134. The molecule has 1 aromatic carbocycles. The van der Waals surface area contributed by atoms with Crippen LogP contribution in [0.5, 0.6) is 0 Å². The van der Waals surface area contributed by atoms with Crippen LogP contribution in [0.3, 0.4) is 0 Å². The summed E-state index contributed by atoms with van der Waals surface area (Å²) in [7, 11) is 0. The van der Waals surface area contributed by atoms with Gasteiger partial charge >= 0.3 is 0 Å². The van der Waals surface area contributed by atoms with Crippen LogP contribution in [0.15, 0.2) is 24.3 Å². The third kappa shape index (κ3) is 3.10. The van der Waals surface area contributed by atoms with Crippen molar-refractivity contribution in [1.29, 1.82) is 0 Å². The van der Waals surface area contributed by atoms with E-state index in [1.54, 1.807) is 0 Å². The number of carbonyl (C=O) groups is 2. The molecule has 6 heteroatoms. The molecule has 0 unspecified atom stereocenters. The Kier molecular flexibility index (Phi) is 4.61. The van der Waals surface area contributed by atoms with Gasteiger partial charge in [0.25, 0.3) is 5.91 Å². The maximum absolute atomic E-state index is 12.0. The first-order chi connectivity index (χ1) is 9.63. The molecule has 0 saturated heterocycles. The number of fused-ring (bicyclic) bond motifs is 1. The van der Waals surface area contributed by atoms with Crippen molar-refractivity contribution in [1.82, 2.24) is 10.6 Å². The predicted molar refractivity (Wildman–Crippen MR) is 81.0 cm³/mol. The molecule has 0 radical (unpaired) electrons. The summed E-state index contributed by atoms with van der Waals surface area (Å²) in [6, 6.07) is 7.48. The normalized spacial score (nSPS) is 10.0. The van der Waals surface area contributed by atoms with Crippen molar-refractivity contribution >= 4 is 44.8 Å². The van der Waals surface area contributed by atoms with Crippen LogP contribution in [0.1, 0.15) is 9.67 Å². The topological polar surface area (TPSA) is 58.2 Å². The minimum atomic E-state index is -0.368. The van der Waals surface area contributed by atoms with E-state index in [9.17, 15) is 9.59 Å². The molecule has 2 amide bonds. The summed E-state index contributed by atoms with van der Waals surface area (Å²) < 4.78 is 0.930. The highest BCUT2D eigenvalue weighted by molar-refractivity contribution is 7.21. The summed E-state index contributed by atoms with van der Waals surface area (Å²) in [6.45, 7) is 0.00341. The van der Waals surface area contributed by atoms with E-state index in [4.69, 9.17) is 18.0 Å². The predicted octanol–water partition coefficient (Wildman–Crippen LogP) is 2.03. The molecule has 1 heterocycles. The second kappa shape index (κ2) is 6.42. The average molecular weight is 307 g/mol. The van der Waals surface area contributed by atoms with E-state index in [2.05, 4.69) is 16.6 Å². The second-order valence-electron chi connectivity index (χ2n) is 3.90. The van der Waals surface area contributed by atoms with Gasteiger partial charge in [0.15, 0.2) is 0 Å². The van der Waals surface area contributed by atoms with Gasteiger partial charge in [0.05, 0.1) is 18.1 Å². The molecular weight excluding hydrogens is 296 g/mol. The van der Waals surface area contributed by atoms with E-state index in [1.165, 1.54) is 11.3 Å². The maximum Gasteiger partial charge on any atom is 0.263 e. The summed E-state index contributed by atoms with van der Waals surface area (Å²) in [5, 5.41) is 6.22. The number of benzene rings is 1. The van der Waals surface area contributed by atoms with E-state index in [0.717, 1.165) is 10.1 Å². The van der Waals surface area contributed by atoms with Gasteiger partial charge in [-0.25, -0.2) is 0 Å². The lowest BCUT2D eigenvalue weighted by Crippen LogP contribution is -2.36. The van der Waals surface area contributed by atoms with Crippen molar-refractivity contribution in [2.45, 2.75) is 0 Å². The fourth-order valence-corrected chi connectivity index (χ4v) is 3.05. The highest BCUT2D eigenvalue weighted by Gasteiger charge is 2.17. The Labute approximate surface area is 125 Å². The largest absolute Gasteiger partial charge is 0.344 e. The van der Waals surface area contributed by atoms with Crippen LogP contribution >= 0.6 is 22.9 Å². The van der Waals surface area contributed by atoms with Gasteiger partial charge in [-0.2, -0.15) is 0 Å². The highest BCUT2D eigenvalue weighted by Crippen LogP contribution is 2.34. The first kappa shape index (κ1) is 14.4. The number of amides is 2. The first-order valence-electron chi connectivity index (χ1n) is 5.79. The number of thiophene rings is 1. The molecular formula is C14H11ClN2O2S. The average Bonchev–Trinajstić information content (AvgIpc) is 2.80.